The van der Waals surface area contributed by atoms with Crippen molar-refractivity contribution >= 4 is 5.91 Å². The molecular formula is C13H17FN2O2. The van der Waals surface area contributed by atoms with Crippen LogP contribution in [0.25, 0.3) is 0 Å². The van der Waals surface area contributed by atoms with Crippen LogP contribution < -0.4 is 10.5 Å². The fourth-order valence-electron chi connectivity index (χ4n) is 1.95. The third-order valence-electron chi connectivity index (χ3n) is 3.13. The maximum absolute atomic E-state index is 13.8. The van der Waals surface area contributed by atoms with Gasteiger partial charge in [0.05, 0.1) is 0 Å². The van der Waals surface area contributed by atoms with E-state index >= 15 is 0 Å². The van der Waals surface area contributed by atoms with E-state index in [4.69, 9.17) is 10.5 Å². The Labute approximate surface area is 106 Å². The first kappa shape index (κ1) is 12.8. The van der Waals surface area contributed by atoms with Crippen molar-refractivity contribution in [2.45, 2.75) is 25.5 Å². The molecule has 18 heavy (non-hydrogen) atoms. The Hall–Kier alpha value is -1.62. The molecule has 0 aromatic heterocycles. The van der Waals surface area contributed by atoms with Gasteiger partial charge in [-0.25, -0.2) is 4.39 Å². The average Bonchev–Trinajstić information content (AvgIpc) is 2.63. The number of carbonyl (C=O) groups excluding carboxylic acids is 1. The van der Waals surface area contributed by atoms with Gasteiger partial charge in [0.1, 0.15) is 0 Å². The van der Waals surface area contributed by atoms with E-state index in [1.165, 1.54) is 12.1 Å². The molecule has 4 nitrogen and oxygen atoms in total. The molecular weight excluding hydrogens is 235 g/mol. The quantitative estimate of drug-likeness (QED) is 0.886. The topological polar surface area (TPSA) is 55.6 Å². The molecule has 1 aromatic carbocycles. The first-order valence-corrected chi connectivity index (χ1v) is 5.95. The van der Waals surface area contributed by atoms with Gasteiger partial charge in [-0.05, 0) is 24.6 Å². The molecule has 98 valence electrons. The maximum atomic E-state index is 13.8. The van der Waals surface area contributed by atoms with Gasteiger partial charge < -0.3 is 15.4 Å². The minimum Gasteiger partial charge on any atom is -0.477 e. The predicted molar refractivity (Wildman–Crippen MR) is 65.7 cm³/mol. The number of hydrogen-bond acceptors (Lipinski definition) is 3. The number of rotatable bonds is 3. The molecule has 1 aromatic rings. The zero-order valence-corrected chi connectivity index (χ0v) is 10.5. The van der Waals surface area contributed by atoms with E-state index in [1.807, 2.05) is 0 Å². The van der Waals surface area contributed by atoms with Crippen molar-refractivity contribution in [2.24, 2.45) is 5.73 Å². The van der Waals surface area contributed by atoms with Crippen LogP contribution in [0.5, 0.6) is 5.75 Å². The monoisotopic (exact) mass is 252 g/mol. The Bertz CT molecular complexity index is 462. The van der Waals surface area contributed by atoms with Gasteiger partial charge in [0.15, 0.2) is 17.7 Å². The zero-order valence-electron chi connectivity index (χ0n) is 10.5. The van der Waals surface area contributed by atoms with Crippen LogP contribution in [0.1, 0.15) is 24.9 Å². The van der Waals surface area contributed by atoms with Gasteiger partial charge in [-0.2, -0.15) is 0 Å². The highest BCUT2D eigenvalue weighted by molar-refractivity contribution is 5.83. The summed E-state index contributed by atoms with van der Waals surface area (Å²) in [4.78, 5) is 13.2. The number of likely N-dealkylation sites (N-methyl/N-ethyl adjacent to an activating group) is 1. The summed E-state index contributed by atoms with van der Waals surface area (Å²) in [6.45, 7) is 2.42. The fourth-order valence-corrected chi connectivity index (χ4v) is 1.95. The Morgan fingerprint density at radius 3 is 2.78 bits per heavy atom. The summed E-state index contributed by atoms with van der Waals surface area (Å²) in [5.74, 6) is -0.481. The average molecular weight is 252 g/mol. The Morgan fingerprint density at radius 2 is 2.28 bits per heavy atom. The lowest BCUT2D eigenvalue weighted by atomic mass is 10.1. The van der Waals surface area contributed by atoms with Crippen molar-refractivity contribution < 1.29 is 13.9 Å². The number of likely N-dealkylation sites (tertiary alicyclic amines) is 1. The molecule has 2 N–H and O–H groups in total. The lowest BCUT2D eigenvalue weighted by Gasteiger charge is -2.14. The molecule has 1 fully saturated rings. The number of nitrogens with two attached hydrogens (primary N) is 1. The number of benzene rings is 1. The molecule has 0 spiro atoms. The second kappa shape index (κ2) is 4.94. The normalized spacial score (nSPS) is 21.2. The first-order valence-electron chi connectivity index (χ1n) is 5.95. The van der Waals surface area contributed by atoms with E-state index in [-0.39, 0.29) is 17.7 Å². The van der Waals surface area contributed by atoms with E-state index in [9.17, 15) is 9.18 Å². The lowest BCUT2D eigenvalue weighted by Crippen LogP contribution is -2.29. The molecule has 1 amide bonds. The van der Waals surface area contributed by atoms with Crippen molar-refractivity contribution in [1.82, 2.24) is 4.90 Å². The van der Waals surface area contributed by atoms with Gasteiger partial charge in [0, 0.05) is 26.1 Å². The van der Waals surface area contributed by atoms with Gasteiger partial charge in [-0.3, -0.25) is 4.79 Å². The van der Waals surface area contributed by atoms with Crippen molar-refractivity contribution in [1.29, 1.82) is 0 Å². The van der Waals surface area contributed by atoms with E-state index in [2.05, 4.69) is 0 Å². The molecule has 0 saturated carbocycles. The summed E-state index contributed by atoms with van der Waals surface area (Å²) in [7, 11) is 1.71. The van der Waals surface area contributed by atoms with Crippen molar-refractivity contribution in [2.75, 3.05) is 13.6 Å². The molecule has 1 saturated heterocycles. The summed E-state index contributed by atoms with van der Waals surface area (Å²) in [5, 5.41) is 0. The molecule has 2 rings (SSSR count). The second-order valence-corrected chi connectivity index (χ2v) is 4.63. The summed E-state index contributed by atoms with van der Waals surface area (Å²) >= 11 is 0. The molecule has 0 radical (unpaired) electrons. The second-order valence-electron chi connectivity index (χ2n) is 4.63. The largest absolute Gasteiger partial charge is 0.477 e. The number of nitrogens with zero attached hydrogens (tertiary/aromatic N) is 1. The molecule has 5 heteroatoms. The molecule has 0 aliphatic carbocycles. The summed E-state index contributed by atoms with van der Waals surface area (Å²) in [6, 6.07) is 4.36. The first-order chi connectivity index (χ1) is 8.49. The van der Waals surface area contributed by atoms with Crippen molar-refractivity contribution in [3.05, 3.63) is 29.6 Å². The molecule has 2 unspecified atom stereocenters. The van der Waals surface area contributed by atoms with Gasteiger partial charge in [0.25, 0.3) is 5.91 Å². The third kappa shape index (κ3) is 2.46. The molecule has 0 bridgehead atoms. The number of amides is 1. The van der Waals surface area contributed by atoms with Gasteiger partial charge in [0.2, 0.25) is 0 Å². The Kier molecular flexibility index (Phi) is 3.52. The van der Waals surface area contributed by atoms with Crippen molar-refractivity contribution in [3.63, 3.8) is 0 Å². The standard InChI is InChI=1S/C13H17FN2O2/c1-8(15)9-3-4-11(10(14)7-9)18-12-5-6-16(2)13(12)17/h3-4,7-8,12H,5-6,15H2,1-2H3. The molecule has 1 aliphatic heterocycles. The molecule has 1 aliphatic rings. The summed E-state index contributed by atoms with van der Waals surface area (Å²) in [6.07, 6.45) is 0.00902. The number of halogens is 1. The van der Waals surface area contributed by atoms with Crippen LogP contribution in [0.4, 0.5) is 4.39 Å². The van der Waals surface area contributed by atoms with Crippen LogP contribution in [0.15, 0.2) is 18.2 Å². The van der Waals surface area contributed by atoms with Crippen LogP contribution in [0, 0.1) is 5.82 Å². The lowest BCUT2D eigenvalue weighted by molar-refractivity contribution is -0.132. The molecule has 1 heterocycles. The van der Waals surface area contributed by atoms with Crippen LogP contribution in [0.2, 0.25) is 0 Å². The van der Waals surface area contributed by atoms with Gasteiger partial charge in [-0.1, -0.05) is 6.07 Å². The maximum Gasteiger partial charge on any atom is 0.263 e. The summed E-state index contributed by atoms with van der Waals surface area (Å²) < 4.78 is 19.2. The van der Waals surface area contributed by atoms with E-state index in [1.54, 1.807) is 24.9 Å². The van der Waals surface area contributed by atoms with Crippen LogP contribution in [0.3, 0.4) is 0 Å². The fraction of sp³-hybridized carbons (Fsp3) is 0.462. The SMILES string of the molecule is CC(N)c1ccc(OC2CCN(C)C2=O)c(F)c1. The highest BCUT2D eigenvalue weighted by Crippen LogP contribution is 2.24. The number of ether oxygens (including phenoxy) is 1. The Morgan fingerprint density at radius 1 is 1.56 bits per heavy atom. The van der Waals surface area contributed by atoms with Gasteiger partial charge in [-0.15, -0.1) is 0 Å². The van der Waals surface area contributed by atoms with E-state index in [0.717, 1.165) is 0 Å². The smallest absolute Gasteiger partial charge is 0.263 e. The minimum absolute atomic E-state index is 0.105. The number of hydrogen-bond donors (Lipinski definition) is 1. The Balaban J connectivity index is 2.13. The van der Waals surface area contributed by atoms with Crippen molar-refractivity contribution in [3.8, 4) is 5.75 Å². The molecule has 2 atom stereocenters. The minimum atomic E-state index is -0.578. The van der Waals surface area contributed by atoms with Crippen LogP contribution in [-0.2, 0) is 4.79 Å². The highest BCUT2D eigenvalue weighted by Gasteiger charge is 2.31. The number of carbonyl (C=O) groups is 1. The highest BCUT2D eigenvalue weighted by atomic mass is 19.1. The van der Waals surface area contributed by atoms with Crippen LogP contribution >= 0.6 is 0 Å². The summed E-state index contributed by atoms with van der Waals surface area (Å²) in [5.41, 5.74) is 6.37. The predicted octanol–water partition coefficient (Wildman–Crippen LogP) is 1.45. The third-order valence-corrected chi connectivity index (χ3v) is 3.13. The van der Waals surface area contributed by atoms with Crippen LogP contribution in [-0.4, -0.2) is 30.5 Å². The van der Waals surface area contributed by atoms with E-state index in [0.29, 0.717) is 18.5 Å². The van der Waals surface area contributed by atoms with Gasteiger partial charge >= 0.3 is 0 Å². The van der Waals surface area contributed by atoms with E-state index < -0.39 is 11.9 Å². The zero-order chi connectivity index (χ0) is 13.3.